The van der Waals surface area contributed by atoms with Gasteiger partial charge in [0.25, 0.3) is 0 Å². The number of halogens is 2. The molecule has 1 nitrogen and oxygen atoms in total. The Labute approximate surface area is 185 Å². The lowest BCUT2D eigenvalue weighted by Crippen LogP contribution is -2.33. The zero-order valence-electron chi connectivity index (χ0n) is 18.6. The van der Waals surface area contributed by atoms with Gasteiger partial charge in [0.2, 0.25) is 0 Å². The minimum Gasteiger partial charge on any atom is -0.378 e. The Morgan fingerprint density at radius 3 is 2.52 bits per heavy atom. The molecule has 2 aromatic rings. The van der Waals surface area contributed by atoms with Crippen LogP contribution in [0.5, 0.6) is 0 Å². The molecule has 0 bridgehead atoms. The molecule has 0 amide bonds. The summed E-state index contributed by atoms with van der Waals surface area (Å²) in [5.74, 6) is 1.18. The van der Waals surface area contributed by atoms with Crippen molar-refractivity contribution in [2.24, 2.45) is 11.8 Å². The number of ether oxygens (including phenoxy) is 1. The van der Waals surface area contributed by atoms with Gasteiger partial charge in [0.1, 0.15) is 11.6 Å². The van der Waals surface area contributed by atoms with Crippen molar-refractivity contribution in [3.63, 3.8) is 0 Å². The van der Waals surface area contributed by atoms with Crippen molar-refractivity contribution in [3.05, 3.63) is 71.8 Å². The molecule has 0 heterocycles. The van der Waals surface area contributed by atoms with Crippen LogP contribution in [0.2, 0.25) is 0 Å². The fourth-order valence-corrected chi connectivity index (χ4v) is 5.76. The summed E-state index contributed by atoms with van der Waals surface area (Å²) in [5.41, 5.74) is 2.82. The van der Waals surface area contributed by atoms with Crippen molar-refractivity contribution in [2.75, 3.05) is 6.61 Å². The number of hydrogen-bond donors (Lipinski definition) is 0. The maximum atomic E-state index is 15.1. The summed E-state index contributed by atoms with van der Waals surface area (Å²) in [5, 5.41) is 0. The van der Waals surface area contributed by atoms with Gasteiger partial charge in [0.05, 0.1) is 6.10 Å². The second-order valence-electron chi connectivity index (χ2n) is 9.30. The van der Waals surface area contributed by atoms with Crippen LogP contribution in [0.1, 0.15) is 68.9 Å². The van der Waals surface area contributed by atoms with Crippen molar-refractivity contribution < 1.29 is 13.5 Å². The van der Waals surface area contributed by atoms with Gasteiger partial charge in [-0.3, -0.25) is 0 Å². The van der Waals surface area contributed by atoms with Crippen molar-refractivity contribution in [2.45, 2.75) is 70.3 Å². The number of benzene rings is 2. The summed E-state index contributed by atoms with van der Waals surface area (Å²) in [4.78, 5) is 0. The van der Waals surface area contributed by atoms with E-state index in [0.717, 1.165) is 68.6 Å². The Bertz CT molecular complexity index is 906. The topological polar surface area (TPSA) is 9.23 Å². The zero-order chi connectivity index (χ0) is 21.8. The molecule has 4 atom stereocenters. The van der Waals surface area contributed by atoms with Gasteiger partial charge in [0.15, 0.2) is 0 Å². The van der Waals surface area contributed by atoms with Crippen LogP contribution in [0, 0.1) is 23.5 Å². The molecular formula is C28H34F2O. The van der Waals surface area contributed by atoms with Gasteiger partial charge >= 0.3 is 0 Å². The van der Waals surface area contributed by atoms with Gasteiger partial charge in [0, 0.05) is 12.2 Å². The van der Waals surface area contributed by atoms with Crippen LogP contribution in [0.3, 0.4) is 0 Å². The van der Waals surface area contributed by atoms with Gasteiger partial charge in [-0.15, -0.1) is 6.58 Å². The number of fused-ring (bicyclic) bond motifs is 1. The smallest absolute Gasteiger partial charge is 0.131 e. The van der Waals surface area contributed by atoms with Crippen molar-refractivity contribution in [1.82, 2.24) is 0 Å². The molecule has 2 aliphatic carbocycles. The highest BCUT2D eigenvalue weighted by atomic mass is 19.1. The molecule has 0 radical (unpaired) electrons. The number of allylic oxidation sites excluding steroid dienone is 1. The van der Waals surface area contributed by atoms with E-state index in [1.165, 1.54) is 12.5 Å². The zero-order valence-corrected chi connectivity index (χ0v) is 18.6. The Morgan fingerprint density at radius 2 is 1.77 bits per heavy atom. The highest BCUT2D eigenvalue weighted by Gasteiger charge is 2.36. The quantitative estimate of drug-likeness (QED) is 0.411. The van der Waals surface area contributed by atoms with Gasteiger partial charge in [-0.2, -0.15) is 0 Å². The molecule has 4 unspecified atom stereocenters. The lowest BCUT2D eigenvalue weighted by molar-refractivity contribution is -0.00968. The highest BCUT2D eigenvalue weighted by Crippen LogP contribution is 2.47. The van der Waals surface area contributed by atoms with E-state index in [1.807, 2.05) is 24.3 Å². The second kappa shape index (κ2) is 10.1. The first kappa shape index (κ1) is 22.2. The number of aryl methyl sites for hydroxylation is 1. The van der Waals surface area contributed by atoms with Crippen molar-refractivity contribution in [3.8, 4) is 11.1 Å². The molecule has 0 saturated heterocycles. The first-order valence-corrected chi connectivity index (χ1v) is 11.9. The number of rotatable bonds is 7. The lowest BCUT2D eigenvalue weighted by atomic mass is 9.65. The van der Waals surface area contributed by atoms with E-state index in [4.69, 9.17) is 4.74 Å². The summed E-state index contributed by atoms with van der Waals surface area (Å²) < 4.78 is 35.7. The van der Waals surface area contributed by atoms with Gasteiger partial charge in [-0.1, -0.05) is 30.3 Å². The third-order valence-electron chi connectivity index (χ3n) is 7.39. The van der Waals surface area contributed by atoms with E-state index in [2.05, 4.69) is 13.5 Å². The molecule has 2 aromatic carbocycles. The second-order valence-corrected chi connectivity index (χ2v) is 9.30. The van der Waals surface area contributed by atoms with Crippen LogP contribution in [0.4, 0.5) is 8.78 Å². The molecule has 0 N–H and O–H groups in total. The van der Waals surface area contributed by atoms with Gasteiger partial charge < -0.3 is 4.74 Å². The Hall–Kier alpha value is -2.00. The fraction of sp³-hybridized carbons (Fsp3) is 0.500. The molecule has 31 heavy (non-hydrogen) atoms. The van der Waals surface area contributed by atoms with Crippen LogP contribution < -0.4 is 0 Å². The van der Waals surface area contributed by atoms with E-state index in [-0.39, 0.29) is 17.6 Å². The summed E-state index contributed by atoms with van der Waals surface area (Å²) in [6, 6.07) is 10.6. The predicted octanol–water partition coefficient (Wildman–Crippen LogP) is 7.84. The van der Waals surface area contributed by atoms with Crippen LogP contribution in [0.25, 0.3) is 11.1 Å². The fourth-order valence-electron chi connectivity index (χ4n) is 5.76. The molecule has 3 heteroatoms. The normalized spacial score (nSPS) is 25.8. The molecule has 0 spiro atoms. The lowest BCUT2D eigenvalue weighted by Gasteiger charge is -2.42. The monoisotopic (exact) mass is 424 g/mol. The van der Waals surface area contributed by atoms with Crippen LogP contribution in [-0.2, 0) is 11.2 Å². The van der Waals surface area contributed by atoms with E-state index >= 15 is 4.39 Å². The molecule has 2 fully saturated rings. The van der Waals surface area contributed by atoms with Crippen LogP contribution in [0.15, 0.2) is 49.1 Å². The molecule has 2 aliphatic rings. The summed E-state index contributed by atoms with van der Waals surface area (Å²) in [7, 11) is 0. The maximum Gasteiger partial charge on any atom is 0.131 e. The van der Waals surface area contributed by atoms with E-state index in [9.17, 15) is 4.39 Å². The van der Waals surface area contributed by atoms with E-state index in [1.54, 1.807) is 12.1 Å². The summed E-state index contributed by atoms with van der Waals surface area (Å²) in [6.07, 6.45) is 10.6. The predicted molar refractivity (Wildman–Crippen MR) is 123 cm³/mol. The van der Waals surface area contributed by atoms with Crippen LogP contribution >= 0.6 is 0 Å². The van der Waals surface area contributed by atoms with Gasteiger partial charge in [-0.05, 0) is 105 Å². The van der Waals surface area contributed by atoms with Crippen molar-refractivity contribution in [1.29, 1.82) is 0 Å². The standard InChI is InChI=1S/C28H34F2O/c1-3-5-6-19-7-13-25(27(29)15-19)23-11-14-26(28(30)18-23)22-9-8-21-17-24(31-4-2)12-10-20(21)16-22/h3,7,11,13-15,18,20-22,24H,1,4-6,8-10,12,16-17H2,2H3. The summed E-state index contributed by atoms with van der Waals surface area (Å²) >= 11 is 0. The number of hydrogen-bond acceptors (Lipinski definition) is 1. The highest BCUT2D eigenvalue weighted by molar-refractivity contribution is 5.65. The first-order chi connectivity index (χ1) is 15.1. The molecule has 4 rings (SSSR count). The minimum absolute atomic E-state index is 0.195. The largest absolute Gasteiger partial charge is 0.378 e. The molecule has 166 valence electrons. The van der Waals surface area contributed by atoms with Crippen LogP contribution in [-0.4, -0.2) is 12.7 Å². The average Bonchev–Trinajstić information content (AvgIpc) is 2.77. The Morgan fingerprint density at radius 1 is 0.968 bits per heavy atom. The third kappa shape index (κ3) is 5.09. The Balaban J connectivity index is 1.46. The molecule has 0 aromatic heterocycles. The van der Waals surface area contributed by atoms with E-state index < -0.39 is 0 Å². The third-order valence-corrected chi connectivity index (χ3v) is 7.39. The molecule has 2 saturated carbocycles. The molecule has 0 aliphatic heterocycles. The average molecular weight is 425 g/mol. The SMILES string of the molecule is C=CCCc1ccc(-c2ccc(C3CCC4CC(OCC)CCC4C3)c(F)c2)c(F)c1. The molecular weight excluding hydrogens is 390 g/mol. The minimum atomic E-state index is -0.291. The first-order valence-electron chi connectivity index (χ1n) is 11.9. The summed E-state index contributed by atoms with van der Waals surface area (Å²) in [6.45, 7) is 6.57. The van der Waals surface area contributed by atoms with Crippen molar-refractivity contribution >= 4 is 0 Å². The van der Waals surface area contributed by atoms with Gasteiger partial charge in [-0.25, -0.2) is 8.78 Å². The maximum absolute atomic E-state index is 15.1. The Kier molecular flexibility index (Phi) is 7.22. The van der Waals surface area contributed by atoms with E-state index in [0.29, 0.717) is 23.1 Å².